The second-order valence-electron chi connectivity index (χ2n) is 21.5. The monoisotopic (exact) mass is 1110 g/mol. The average Bonchev–Trinajstić information content (AvgIpc) is 3.17. The molecule has 1 N–H and O–H groups in total. The highest BCUT2D eigenvalue weighted by Gasteiger charge is 2.68. The second kappa shape index (κ2) is 22.3. The van der Waals surface area contributed by atoms with Crippen molar-refractivity contribution in [1.29, 1.82) is 5.26 Å². The summed E-state index contributed by atoms with van der Waals surface area (Å²) in [5.74, 6) is 1.19. The number of amides is 1. The van der Waals surface area contributed by atoms with Crippen molar-refractivity contribution in [2.45, 2.75) is 82.3 Å². The number of nitriles is 1. The Kier molecular flexibility index (Phi) is 14.8. The van der Waals surface area contributed by atoms with E-state index in [-0.39, 0.29) is 50.0 Å². The van der Waals surface area contributed by atoms with Gasteiger partial charge in [0.1, 0.15) is 35.1 Å². The molecule has 416 valence electrons. The Morgan fingerprint density at radius 1 is 0.768 bits per heavy atom. The van der Waals surface area contributed by atoms with Crippen molar-refractivity contribution in [2.24, 2.45) is 0 Å². The standard InChI is InChI=1S/C65H63N8O8P/c1-42(2)73(43(3)4)82(75,79-36-14-35-66)81-59-58-63(72-41-69-57-60(67-40-68-61(57)72)70-62(74)47-15-9-7-10-16-47)80-64(59,38-71(58)37-48-24-23-46-22-21-44-17-13-18-45-25-34-54(48)56(46)55(44)45)39-78-65(49-19-11-8-12-20-49,50-26-30-52(76-5)31-27-50)51-28-32-53(77-6)33-29-51/h7-13,15-34,40-43,58-59,63H,14,36-39H2,1-6H3,(H,67,68,70,74)/t58-,59+,63+,64-,82?/m0/s1. The second-order valence-corrected chi connectivity index (χ2v) is 23.4. The number of aromatic nitrogens is 4. The first-order chi connectivity index (χ1) is 39.9. The van der Waals surface area contributed by atoms with E-state index in [2.05, 4.69) is 75.9 Å². The smallest absolute Gasteiger partial charge is 0.409 e. The predicted octanol–water partition coefficient (Wildman–Crippen LogP) is 12.7. The number of anilines is 1. The maximum Gasteiger partial charge on any atom is 0.409 e. The third kappa shape index (κ3) is 9.61. The van der Waals surface area contributed by atoms with Crippen molar-refractivity contribution >= 4 is 63.0 Å². The Hall–Kier alpha value is -8.10. The van der Waals surface area contributed by atoms with Crippen molar-refractivity contribution in [3.63, 3.8) is 0 Å². The molecule has 2 fully saturated rings. The van der Waals surface area contributed by atoms with E-state index in [0.29, 0.717) is 34.8 Å². The molecule has 0 spiro atoms. The van der Waals surface area contributed by atoms with Crippen LogP contribution >= 0.6 is 7.75 Å². The Bertz CT molecular complexity index is 3940. The summed E-state index contributed by atoms with van der Waals surface area (Å²) in [5.41, 5.74) is 1.88. The fourth-order valence-electron chi connectivity index (χ4n) is 12.5. The van der Waals surface area contributed by atoms with Gasteiger partial charge in [0.2, 0.25) is 0 Å². The summed E-state index contributed by atoms with van der Waals surface area (Å²) in [4.78, 5) is 30.2. The van der Waals surface area contributed by atoms with Gasteiger partial charge in [-0.15, -0.1) is 0 Å². The van der Waals surface area contributed by atoms with E-state index >= 15 is 4.57 Å². The highest BCUT2D eigenvalue weighted by molar-refractivity contribution is 7.51. The molecule has 8 aromatic carbocycles. The summed E-state index contributed by atoms with van der Waals surface area (Å²) in [5, 5.41) is 19.7. The molecule has 82 heavy (non-hydrogen) atoms. The van der Waals surface area contributed by atoms with E-state index in [1.54, 1.807) is 49.5 Å². The van der Waals surface area contributed by atoms with Crippen LogP contribution in [0.5, 0.6) is 11.5 Å². The van der Waals surface area contributed by atoms with E-state index in [1.807, 2.05) is 117 Å². The Morgan fingerprint density at radius 2 is 1.38 bits per heavy atom. The number of nitrogens with one attached hydrogen (secondary N) is 1. The minimum absolute atomic E-state index is 0.0210. The van der Waals surface area contributed by atoms with Crippen LogP contribution in [0.25, 0.3) is 43.5 Å². The van der Waals surface area contributed by atoms with Gasteiger partial charge in [0, 0.05) is 30.7 Å². The Balaban J connectivity index is 1.06. The van der Waals surface area contributed by atoms with Crippen LogP contribution in [-0.4, -0.2) is 98.8 Å². The lowest BCUT2D eigenvalue weighted by Gasteiger charge is -2.42. The first-order valence-corrected chi connectivity index (χ1v) is 29.1. The van der Waals surface area contributed by atoms with Gasteiger partial charge in [-0.1, -0.05) is 127 Å². The van der Waals surface area contributed by atoms with Crippen molar-refractivity contribution in [2.75, 3.05) is 39.3 Å². The van der Waals surface area contributed by atoms with Gasteiger partial charge in [0.15, 0.2) is 23.2 Å². The minimum Gasteiger partial charge on any atom is -0.497 e. The molecule has 1 unspecified atom stereocenters. The molecule has 2 bridgehead atoms. The van der Waals surface area contributed by atoms with Gasteiger partial charge in [-0.05, 0) is 119 Å². The fourth-order valence-corrected chi connectivity index (χ4v) is 14.9. The fraction of sp³-hybridized carbons (Fsp3) is 0.277. The van der Waals surface area contributed by atoms with E-state index < -0.39 is 37.3 Å². The van der Waals surface area contributed by atoms with Gasteiger partial charge in [-0.3, -0.25) is 23.3 Å². The van der Waals surface area contributed by atoms with Crippen LogP contribution in [0.4, 0.5) is 5.82 Å². The van der Waals surface area contributed by atoms with Gasteiger partial charge in [-0.2, -0.15) is 5.26 Å². The minimum atomic E-state index is -4.35. The lowest BCUT2D eigenvalue weighted by atomic mass is 9.79. The summed E-state index contributed by atoms with van der Waals surface area (Å²) < 4.78 is 60.8. The van der Waals surface area contributed by atoms with Crippen LogP contribution in [0, 0.1) is 11.3 Å². The van der Waals surface area contributed by atoms with Crippen LogP contribution < -0.4 is 14.8 Å². The molecule has 10 aromatic rings. The normalized spacial score (nSPS) is 19.0. The summed E-state index contributed by atoms with van der Waals surface area (Å²) in [6.45, 7) is 8.17. The zero-order valence-corrected chi connectivity index (χ0v) is 47.4. The van der Waals surface area contributed by atoms with Gasteiger partial charge >= 0.3 is 7.75 Å². The molecule has 5 atom stereocenters. The Morgan fingerprint density at radius 3 is 2.01 bits per heavy atom. The number of hydrogen-bond donors (Lipinski definition) is 1. The first-order valence-electron chi connectivity index (χ1n) is 27.6. The number of methoxy groups -OCH3 is 2. The van der Waals surface area contributed by atoms with E-state index in [0.717, 1.165) is 43.8 Å². The third-order valence-corrected chi connectivity index (χ3v) is 18.5. The Labute approximate surface area is 476 Å². The first kappa shape index (κ1) is 54.5. The SMILES string of the molecule is COc1ccc(C(OC[C@]23CN(Cc4ccc5ccc6cccc7ccc4c5c67)[C@H]([C@H](n4cnc5c(NC(=O)c6ccccc6)ncnc54)O2)[C@H]3OP(=O)(OCCC#N)N(C(C)C)C(C)C)(c2ccccc2)c2ccc(OC)cc2)cc1. The van der Waals surface area contributed by atoms with Crippen LogP contribution in [0.15, 0.2) is 176 Å². The number of ether oxygens (including phenoxy) is 4. The topological polar surface area (TPSA) is 175 Å². The molecule has 2 aromatic heterocycles. The number of benzene rings is 8. The molecule has 16 nitrogen and oxygen atoms in total. The number of nitrogens with zero attached hydrogens (tertiary/aromatic N) is 7. The van der Waals surface area contributed by atoms with Gasteiger partial charge < -0.3 is 24.3 Å². The number of rotatable bonds is 21. The number of likely N-dealkylation sites (tertiary alicyclic amines) is 1. The molecular formula is C65H63N8O8P. The number of fused-ring (bicyclic) bond motifs is 3. The van der Waals surface area contributed by atoms with Gasteiger partial charge in [-0.25, -0.2) is 24.2 Å². The van der Waals surface area contributed by atoms with E-state index in [9.17, 15) is 10.1 Å². The highest BCUT2D eigenvalue weighted by atomic mass is 31.2. The summed E-state index contributed by atoms with van der Waals surface area (Å²) in [6, 6.07) is 54.9. The van der Waals surface area contributed by atoms with Crippen molar-refractivity contribution < 1.29 is 37.4 Å². The summed E-state index contributed by atoms with van der Waals surface area (Å²) in [6.07, 6.45) is 1.02. The molecule has 0 radical (unpaired) electrons. The van der Waals surface area contributed by atoms with Crippen molar-refractivity contribution in [1.82, 2.24) is 29.1 Å². The number of carbonyl (C=O) groups is 1. The molecule has 12 rings (SSSR count). The molecule has 2 aliphatic rings. The zero-order chi connectivity index (χ0) is 56.8. The molecule has 2 aliphatic heterocycles. The van der Waals surface area contributed by atoms with Crippen LogP contribution in [0.2, 0.25) is 0 Å². The highest BCUT2D eigenvalue weighted by Crippen LogP contribution is 2.62. The van der Waals surface area contributed by atoms with Crippen LogP contribution in [0.3, 0.4) is 0 Å². The molecule has 0 saturated carbocycles. The van der Waals surface area contributed by atoms with Gasteiger partial charge in [0.05, 0.1) is 52.3 Å². The van der Waals surface area contributed by atoms with E-state index in [1.165, 1.54) is 17.1 Å². The predicted molar refractivity (Wildman–Crippen MR) is 316 cm³/mol. The summed E-state index contributed by atoms with van der Waals surface area (Å²) in [7, 11) is -1.08. The lowest BCUT2D eigenvalue weighted by Crippen LogP contribution is -2.51. The van der Waals surface area contributed by atoms with Crippen molar-refractivity contribution in [3.8, 4) is 17.6 Å². The largest absolute Gasteiger partial charge is 0.497 e. The number of morpholine rings is 1. The molecule has 2 saturated heterocycles. The maximum absolute atomic E-state index is 16.3. The quantitative estimate of drug-likeness (QED) is 0.0311. The zero-order valence-electron chi connectivity index (χ0n) is 46.5. The molecular weight excluding hydrogens is 1050 g/mol. The number of imidazole rings is 1. The van der Waals surface area contributed by atoms with E-state index in [4.69, 9.17) is 38.0 Å². The number of hydrogen-bond acceptors (Lipinski definition) is 13. The van der Waals surface area contributed by atoms with Gasteiger partial charge in [0.25, 0.3) is 5.91 Å². The maximum atomic E-state index is 16.3. The third-order valence-electron chi connectivity index (χ3n) is 16.0. The summed E-state index contributed by atoms with van der Waals surface area (Å²) >= 11 is 0. The molecule has 1 amide bonds. The molecule has 4 heterocycles. The van der Waals surface area contributed by atoms with Crippen molar-refractivity contribution in [3.05, 3.63) is 204 Å². The number of carbonyl (C=O) groups excluding carboxylic acids is 1. The molecule has 0 aliphatic carbocycles. The average molecular weight is 1120 g/mol. The lowest BCUT2D eigenvalue weighted by molar-refractivity contribution is -0.177. The van der Waals surface area contributed by atoms with Crippen LogP contribution in [0.1, 0.15) is 73.0 Å². The molecule has 17 heteroatoms. The van der Waals surface area contributed by atoms with Crippen LogP contribution in [-0.2, 0) is 35.2 Å².